The van der Waals surface area contributed by atoms with Crippen molar-refractivity contribution < 1.29 is 23.0 Å². The highest BCUT2D eigenvalue weighted by molar-refractivity contribution is 8.13. The van der Waals surface area contributed by atoms with Crippen molar-refractivity contribution in [3.63, 3.8) is 0 Å². The van der Waals surface area contributed by atoms with Crippen molar-refractivity contribution in [1.29, 1.82) is 0 Å². The number of rotatable bonds is 5. The molecule has 0 bridgehead atoms. The van der Waals surface area contributed by atoms with Gasteiger partial charge in [-0.05, 0) is 24.6 Å². The predicted octanol–water partition coefficient (Wildman–Crippen LogP) is 2.86. The largest absolute Gasteiger partial charge is 0.445 e. The van der Waals surface area contributed by atoms with Crippen LogP contribution in [0.15, 0.2) is 35.6 Å². The number of aromatic nitrogens is 2. The zero-order valence-electron chi connectivity index (χ0n) is 16.7. The molecule has 0 spiro atoms. The SMILES string of the molecule is C[C@@]12CCOC[C@]1(c1cc(NC(=O)c3cnc(OCF)cn3)ccc1F)N=C(N)SC2. The number of nitrogens with one attached hydrogen (secondary N) is 1. The Labute approximate surface area is 181 Å². The van der Waals surface area contributed by atoms with Crippen LogP contribution in [-0.4, -0.2) is 46.9 Å². The maximum Gasteiger partial charge on any atom is 0.275 e. The lowest BCUT2D eigenvalue weighted by molar-refractivity contribution is -0.0439. The number of nitrogens with two attached hydrogens (primary N) is 1. The predicted molar refractivity (Wildman–Crippen MR) is 112 cm³/mol. The first-order valence-electron chi connectivity index (χ1n) is 9.55. The van der Waals surface area contributed by atoms with Gasteiger partial charge in [-0.3, -0.25) is 4.79 Å². The fourth-order valence-electron chi connectivity index (χ4n) is 3.85. The highest BCUT2D eigenvalue weighted by Crippen LogP contribution is 2.53. The molecule has 3 heterocycles. The number of carbonyl (C=O) groups excluding carboxylic acids is 1. The van der Waals surface area contributed by atoms with Gasteiger partial charge in [-0.25, -0.2) is 23.7 Å². The van der Waals surface area contributed by atoms with Gasteiger partial charge in [-0.1, -0.05) is 18.7 Å². The lowest BCUT2D eigenvalue weighted by Crippen LogP contribution is -2.55. The Bertz CT molecular complexity index is 1020. The van der Waals surface area contributed by atoms with Crippen LogP contribution in [0.2, 0.25) is 0 Å². The summed E-state index contributed by atoms with van der Waals surface area (Å²) in [7, 11) is 0. The molecule has 11 heteroatoms. The van der Waals surface area contributed by atoms with E-state index in [0.717, 1.165) is 6.20 Å². The molecule has 2 aromatic rings. The van der Waals surface area contributed by atoms with Crippen LogP contribution < -0.4 is 15.8 Å². The summed E-state index contributed by atoms with van der Waals surface area (Å²) in [6.07, 6.45) is 3.01. The van der Waals surface area contributed by atoms with E-state index >= 15 is 4.39 Å². The van der Waals surface area contributed by atoms with Gasteiger partial charge in [0, 0.05) is 29.0 Å². The van der Waals surface area contributed by atoms with E-state index in [4.69, 9.17) is 10.5 Å². The van der Waals surface area contributed by atoms with Crippen LogP contribution in [0.5, 0.6) is 5.88 Å². The maximum atomic E-state index is 15.0. The van der Waals surface area contributed by atoms with E-state index in [0.29, 0.717) is 35.2 Å². The van der Waals surface area contributed by atoms with Crippen LogP contribution in [0.3, 0.4) is 0 Å². The molecule has 0 radical (unpaired) electrons. The average molecular weight is 449 g/mol. The highest BCUT2D eigenvalue weighted by Gasteiger charge is 2.55. The Hall–Kier alpha value is -2.79. The molecule has 1 saturated heterocycles. The van der Waals surface area contributed by atoms with Crippen LogP contribution in [0.4, 0.5) is 14.5 Å². The van der Waals surface area contributed by atoms with Crippen molar-refractivity contribution in [3.05, 3.63) is 47.7 Å². The van der Waals surface area contributed by atoms with Crippen molar-refractivity contribution in [2.75, 3.05) is 31.1 Å². The fraction of sp³-hybridized carbons (Fsp3) is 0.400. The summed E-state index contributed by atoms with van der Waals surface area (Å²) >= 11 is 1.45. The van der Waals surface area contributed by atoms with Crippen molar-refractivity contribution in [1.82, 2.24) is 9.97 Å². The number of halogens is 2. The van der Waals surface area contributed by atoms with Crippen LogP contribution in [0.1, 0.15) is 29.4 Å². The van der Waals surface area contributed by atoms with Crippen LogP contribution in [0, 0.1) is 11.2 Å². The minimum absolute atomic E-state index is 0.00239. The van der Waals surface area contributed by atoms with Crippen molar-refractivity contribution in [3.8, 4) is 5.88 Å². The number of aliphatic imine (C=N–C) groups is 1. The van der Waals surface area contributed by atoms with E-state index in [9.17, 15) is 9.18 Å². The molecule has 1 aromatic carbocycles. The van der Waals surface area contributed by atoms with Crippen LogP contribution in [-0.2, 0) is 10.3 Å². The first-order chi connectivity index (χ1) is 14.9. The third kappa shape index (κ3) is 3.94. The third-order valence-corrected chi connectivity index (χ3v) is 6.85. The van der Waals surface area contributed by atoms with Gasteiger partial charge in [-0.15, -0.1) is 0 Å². The van der Waals surface area contributed by atoms with Gasteiger partial charge in [0.2, 0.25) is 12.7 Å². The molecule has 1 fully saturated rings. The number of nitrogens with zero attached hydrogens (tertiary/aromatic N) is 3. The topological polar surface area (TPSA) is 112 Å². The molecule has 2 aliphatic rings. The van der Waals surface area contributed by atoms with Gasteiger partial charge in [0.15, 0.2) is 5.17 Å². The molecule has 2 atom stereocenters. The Morgan fingerprint density at radius 1 is 1.39 bits per heavy atom. The summed E-state index contributed by atoms with van der Waals surface area (Å²) in [6, 6.07) is 4.29. The molecule has 0 aliphatic carbocycles. The van der Waals surface area contributed by atoms with Crippen LogP contribution in [0.25, 0.3) is 0 Å². The van der Waals surface area contributed by atoms with E-state index in [-0.39, 0.29) is 23.6 Å². The Morgan fingerprint density at radius 2 is 2.23 bits per heavy atom. The molecular weight excluding hydrogens is 428 g/mol. The lowest BCUT2D eigenvalue weighted by atomic mass is 9.65. The summed E-state index contributed by atoms with van der Waals surface area (Å²) in [5.41, 5.74) is 5.34. The number of anilines is 1. The van der Waals surface area contributed by atoms with E-state index in [2.05, 4.69) is 31.9 Å². The summed E-state index contributed by atoms with van der Waals surface area (Å²) in [5, 5.41) is 3.06. The maximum absolute atomic E-state index is 15.0. The second-order valence-corrected chi connectivity index (χ2v) is 8.60. The van der Waals surface area contributed by atoms with E-state index in [1.54, 1.807) is 6.07 Å². The smallest absolute Gasteiger partial charge is 0.275 e. The second kappa shape index (κ2) is 8.39. The minimum Gasteiger partial charge on any atom is -0.445 e. The zero-order chi connectivity index (χ0) is 22.1. The van der Waals surface area contributed by atoms with Crippen molar-refractivity contribution >= 4 is 28.5 Å². The molecule has 164 valence electrons. The second-order valence-electron chi connectivity index (χ2n) is 7.60. The fourth-order valence-corrected chi connectivity index (χ4v) is 4.92. The minimum atomic E-state index is -1.05. The van der Waals surface area contributed by atoms with Gasteiger partial charge >= 0.3 is 0 Å². The molecule has 31 heavy (non-hydrogen) atoms. The van der Waals surface area contributed by atoms with Gasteiger partial charge < -0.3 is 20.5 Å². The summed E-state index contributed by atoms with van der Waals surface area (Å²) < 4.78 is 37.5. The van der Waals surface area contributed by atoms with E-state index in [1.165, 1.54) is 30.1 Å². The van der Waals surface area contributed by atoms with Crippen LogP contribution >= 0.6 is 11.8 Å². The number of amides is 1. The first-order valence-corrected chi connectivity index (χ1v) is 10.5. The number of hydrogen-bond donors (Lipinski definition) is 2. The van der Waals surface area contributed by atoms with E-state index in [1.807, 2.05) is 0 Å². The number of amidine groups is 1. The number of ether oxygens (including phenoxy) is 2. The monoisotopic (exact) mass is 449 g/mol. The molecule has 0 unspecified atom stereocenters. The molecular formula is C20H21F2N5O3S. The number of hydrogen-bond acceptors (Lipinski definition) is 8. The Morgan fingerprint density at radius 3 is 2.97 bits per heavy atom. The molecule has 4 rings (SSSR count). The number of fused-ring (bicyclic) bond motifs is 1. The first kappa shape index (κ1) is 21.4. The molecule has 1 aromatic heterocycles. The summed E-state index contributed by atoms with van der Waals surface area (Å²) in [4.78, 5) is 24.9. The molecule has 0 saturated carbocycles. The number of thioether (sulfide) groups is 1. The normalized spacial score (nSPS) is 25.3. The number of carbonyl (C=O) groups is 1. The zero-order valence-corrected chi connectivity index (χ0v) is 17.5. The van der Waals surface area contributed by atoms with E-state index < -0.39 is 24.1 Å². The van der Waals surface area contributed by atoms with Gasteiger partial charge in [0.1, 0.15) is 17.1 Å². The molecule has 8 nitrogen and oxygen atoms in total. The number of benzene rings is 1. The quantitative estimate of drug-likeness (QED) is 0.722. The third-order valence-electron chi connectivity index (χ3n) is 5.68. The number of alkyl halides is 1. The molecule has 1 amide bonds. The summed E-state index contributed by atoms with van der Waals surface area (Å²) in [5.74, 6) is -0.362. The van der Waals surface area contributed by atoms with Gasteiger partial charge in [0.05, 0.1) is 19.0 Å². The van der Waals surface area contributed by atoms with Crippen molar-refractivity contribution in [2.45, 2.75) is 18.9 Å². The van der Waals surface area contributed by atoms with Crippen molar-refractivity contribution in [2.24, 2.45) is 16.1 Å². The van der Waals surface area contributed by atoms with Gasteiger partial charge in [0.25, 0.3) is 5.91 Å². The average Bonchev–Trinajstić information content (AvgIpc) is 2.76. The standard InChI is InChI=1S/C20H21F2N5O3S/c1-19-4-5-29-9-20(19,27-18(23)31-10-19)13-6-12(2-3-14(13)22)26-17(28)15-7-25-16(8-24-15)30-11-21/h2-3,6-8H,4-5,9-11H2,1H3,(H2,23,27)(H,26,28)/t19-,20+/m0/s1. The highest BCUT2D eigenvalue weighted by atomic mass is 32.2. The Kier molecular flexibility index (Phi) is 5.80. The summed E-state index contributed by atoms with van der Waals surface area (Å²) in [6.45, 7) is 1.77. The van der Waals surface area contributed by atoms with Gasteiger partial charge in [-0.2, -0.15) is 0 Å². The molecule has 3 N–H and O–H groups in total. The lowest BCUT2D eigenvalue weighted by Gasteiger charge is -2.51. The Balaban J connectivity index is 1.65. The molecule has 2 aliphatic heterocycles.